The molecule has 0 radical (unpaired) electrons. The minimum atomic E-state index is -0.262. The summed E-state index contributed by atoms with van der Waals surface area (Å²) in [6.07, 6.45) is 0. The van der Waals surface area contributed by atoms with E-state index in [9.17, 15) is 4.79 Å². The predicted molar refractivity (Wildman–Crippen MR) is 82.8 cm³/mol. The molecule has 3 aromatic rings. The predicted octanol–water partition coefficient (Wildman–Crippen LogP) is 3.40. The zero-order valence-corrected chi connectivity index (χ0v) is 12.1. The summed E-state index contributed by atoms with van der Waals surface area (Å²) in [6.45, 7) is 0. The Hall–Kier alpha value is -2.60. The number of H-pyrrole nitrogens is 1. The first kappa shape index (κ1) is 13.4. The smallest absolute Gasteiger partial charge is 0.276 e. The molecule has 0 spiro atoms. The van der Waals surface area contributed by atoms with E-state index in [4.69, 9.17) is 4.74 Å². The van der Waals surface area contributed by atoms with Crippen molar-refractivity contribution in [3.8, 4) is 16.3 Å². The fourth-order valence-corrected chi connectivity index (χ4v) is 2.58. The number of aromatic nitrogens is 2. The average molecular weight is 299 g/mol. The zero-order valence-electron chi connectivity index (χ0n) is 11.3. The Bertz CT molecular complexity index is 750. The molecule has 5 nitrogen and oxygen atoms in total. The summed E-state index contributed by atoms with van der Waals surface area (Å²) in [7, 11) is 1.59. The summed E-state index contributed by atoms with van der Waals surface area (Å²) in [6, 6.07) is 12.9. The van der Waals surface area contributed by atoms with Gasteiger partial charge in [-0.1, -0.05) is 12.1 Å². The lowest BCUT2D eigenvalue weighted by atomic mass is 10.2. The second-order valence-electron chi connectivity index (χ2n) is 4.33. The Morgan fingerprint density at radius 1 is 1.29 bits per heavy atom. The van der Waals surface area contributed by atoms with E-state index in [0.717, 1.165) is 10.6 Å². The zero-order chi connectivity index (χ0) is 14.7. The Morgan fingerprint density at radius 3 is 2.95 bits per heavy atom. The Labute approximate surface area is 125 Å². The third-order valence-electron chi connectivity index (χ3n) is 2.92. The summed E-state index contributed by atoms with van der Waals surface area (Å²) in [5.74, 6) is 0.427. The number of ether oxygens (including phenoxy) is 1. The molecule has 0 unspecified atom stereocenters. The number of hydrogen-bond donors (Lipinski definition) is 2. The summed E-state index contributed by atoms with van der Waals surface area (Å²) < 4.78 is 5.12. The van der Waals surface area contributed by atoms with Gasteiger partial charge >= 0.3 is 0 Å². The molecule has 0 aliphatic carbocycles. The monoisotopic (exact) mass is 299 g/mol. The minimum absolute atomic E-state index is 0.262. The molecule has 0 aliphatic rings. The molecule has 106 valence electrons. The van der Waals surface area contributed by atoms with Crippen molar-refractivity contribution in [3.63, 3.8) is 0 Å². The maximum absolute atomic E-state index is 12.2. The number of rotatable bonds is 4. The highest BCUT2D eigenvalue weighted by Crippen LogP contribution is 2.23. The number of carbonyl (C=O) groups is 1. The van der Waals surface area contributed by atoms with Crippen LogP contribution in [0.5, 0.6) is 5.75 Å². The van der Waals surface area contributed by atoms with Gasteiger partial charge in [0, 0.05) is 11.8 Å². The molecule has 6 heteroatoms. The molecule has 2 N–H and O–H groups in total. The third kappa shape index (κ3) is 2.95. The number of aromatic amines is 1. The van der Waals surface area contributed by atoms with Crippen LogP contribution in [0, 0.1) is 0 Å². The van der Waals surface area contributed by atoms with Gasteiger partial charge in [0.15, 0.2) is 5.69 Å². The Kier molecular flexibility index (Phi) is 3.70. The molecule has 0 saturated heterocycles. The lowest BCUT2D eigenvalue weighted by Gasteiger charge is -2.05. The van der Waals surface area contributed by atoms with Gasteiger partial charge in [0.25, 0.3) is 5.91 Å². The van der Waals surface area contributed by atoms with Crippen molar-refractivity contribution in [1.82, 2.24) is 10.2 Å². The number of methoxy groups -OCH3 is 1. The van der Waals surface area contributed by atoms with Crippen LogP contribution >= 0.6 is 11.3 Å². The van der Waals surface area contributed by atoms with E-state index >= 15 is 0 Å². The molecule has 3 rings (SSSR count). The van der Waals surface area contributed by atoms with Crippen LogP contribution < -0.4 is 10.1 Å². The number of carbonyl (C=O) groups excluding carboxylic acids is 1. The normalized spacial score (nSPS) is 10.3. The van der Waals surface area contributed by atoms with Crippen molar-refractivity contribution in [2.75, 3.05) is 12.4 Å². The number of thiophene rings is 1. The third-order valence-corrected chi connectivity index (χ3v) is 3.83. The number of benzene rings is 1. The fraction of sp³-hybridized carbons (Fsp3) is 0.0667. The standard InChI is InChI=1S/C15H13N3O2S/c1-20-11-5-2-4-10(8-11)16-15(19)13-9-12(17-18-13)14-6-3-7-21-14/h2-9H,1H3,(H,16,19)(H,17,18). The first-order valence-corrected chi connectivity index (χ1v) is 7.19. The Morgan fingerprint density at radius 2 is 2.19 bits per heavy atom. The molecule has 0 aliphatic heterocycles. The number of hydrogen-bond acceptors (Lipinski definition) is 4. The number of amides is 1. The van der Waals surface area contributed by atoms with Crippen LogP contribution in [0.15, 0.2) is 47.8 Å². The van der Waals surface area contributed by atoms with Crippen molar-refractivity contribution in [3.05, 3.63) is 53.5 Å². The molecular formula is C15H13N3O2S. The van der Waals surface area contributed by atoms with Crippen LogP contribution in [0.4, 0.5) is 5.69 Å². The van der Waals surface area contributed by atoms with E-state index in [-0.39, 0.29) is 5.91 Å². The molecule has 0 saturated carbocycles. The quantitative estimate of drug-likeness (QED) is 0.776. The maximum atomic E-state index is 12.2. The van der Waals surface area contributed by atoms with Crippen LogP contribution in [0.1, 0.15) is 10.5 Å². The lowest BCUT2D eigenvalue weighted by molar-refractivity contribution is 0.102. The topological polar surface area (TPSA) is 67.0 Å². The lowest BCUT2D eigenvalue weighted by Crippen LogP contribution is -2.12. The molecule has 1 amide bonds. The van der Waals surface area contributed by atoms with Crippen LogP contribution in [-0.4, -0.2) is 23.2 Å². The van der Waals surface area contributed by atoms with Crippen molar-refractivity contribution >= 4 is 22.9 Å². The molecule has 0 fully saturated rings. The highest BCUT2D eigenvalue weighted by molar-refractivity contribution is 7.13. The number of nitrogens with one attached hydrogen (secondary N) is 2. The molecule has 1 aromatic carbocycles. The van der Waals surface area contributed by atoms with Crippen molar-refractivity contribution in [1.29, 1.82) is 0 Å². The van der Waals surface area contributed by atoms with Gasteiger partial charge in [0.05, 0.1) is 17.7 Å². The van der Waals surface area contributed by atoms with Gasteiger partial charge in [0.1, 0.15) is 5.75 Å². The van der Waals surface area contributed by atoms with Crippen LogP contribution in [-0.2, 0) is 0 Å². The van der Waals surface area contributed by atoms with Crippen molar-refractivity contribution < 1.29 is 9.53 Å². The molecule has 2 aromatic heterocycles. The fourth-order valence-electron chi connectivity index (χ4n) is 1.89. The molecule has 0 bridgehead atoms. The molecule has 2 heterocycles. The van der Waals surface area contributed by atoms with Gasteiger partial charge in [-0.2, -0.15) is 5.10 Å². The number of anilines is 1. The van der Waals surface area contributed by atoms with E-state index < -0.39 is 0 Å². The van der Waals surface area contributed by atoms with Crippen LogP contribution in [0.2, 0.25) is 0 Å². The largest absolute Gasteiger partial charge is 0.497 e. The second kappa shape index (κ2) is 5.80. The van der Waals surface area contributed by atoms with Gasteiger partial charge in [-0.3, -0.25) is 9.89 Å². The summed E-state index contributed by atoms with van der Waals surface area (Å²) in [5.41, 5.74) is 1.85. The second-order valence-corrected chi connectivity index (χ2v) is 5.28. The molecular weight excluding hydrogens is 286 g/mol. The summed E-state index contributed by atoms with van der Waals surface area (Å²) in [5, 5.41) is 11.7. The first-order chi connectivity index (χ1) is 10.3. The SMILES string of the molecule is COc1cccc(NC(=O)c2cc(-c3cccs3)[nH]n2)c1. The molecule has 0 atom stereocenters. The van der Waals surface area contributed by atoms with E-state index in [1.807, 2.05) is 29.6 Å². The van der Waals surface area contributed by atoms with E-state index in [1.54, 1.807) is 36.6 Å². The highest BCUT2D eigenvalue weighted by Gasteiger charge is 2.12. The van der Waals surface area contributed by atoms with Crippen molar-refractivity contribution in [2.24, 2.45) is 0 Å². The van der Waals surface area contributed by atoms with E-state index in [0.29, 0.717) is 17.1 Å². The van der Waals surface area contributed by atoms with Gasteiger partial charge in [0.2, 0.25) is 0 Å². The highest BCUT2D eigenvalue weighted by atomic mass is 32.1. The van der Waals surface area contributed by atoms with Gasteiger partial charge < -0.3 is 10.1 Å². The van der Waals surface area contributed by atoms with Gasteiger partial charge in [-0.25, -0.2) is 0 Å². The summed E-state index contributed by atoms with van der Waals surface area (Å²) in [4.78, 5) is 13.2. The van der Waals surface area contributed by atoms with Crippen LogP contribution in [0.3, 0.4) is 0 Å². The Balaban J connectivity index is 1.76. The first-order valence-electron chi connectivity index (χ1n) is 6.31. The van der Waals surface area contributed by atoms with Gasteiger partial charge in [-0.15, -0.1) is 11.3 Å². The average Bonchev–Trinajstić information content (AvgIpc) is 3.18. The number of nitrogens with zero attached hydrogens (tertiary/aromatic N) is 1. The van der Waals surface area contributed by atoms with E-state index in [1.165, 1.54) is 0 Å². The minimum Gasteiger partial charge on any atom is -0.497 e. The molecule has 21 heavy (non-hydrogen) atoms. The van der Waals surface area contributed by atoms with E-state index in [2.05, 4.69) is 15.5 Å². The van der Waals surface area contributed by atoms with Crippen LogP contribution in [0.25, 0.3) is 10.6 Å². The maximum Gasteiger partial charge on any atom is 0.276 e. The van der Waals surface area contributed by atoms with Crippen molar-refractivity contribution in [2.45, 2.75) is 0 Å². The van der Waals surface area contributed by atoms with Gasteiger partial charge in [-0.05, 0) is 29.6 Å². The summed E-state index contributed by atoms with van der Waals surface area (Å²) >= 11 is 1.59.